The second-order valence-corrected chi connectivity index (χ2v) is 2.55. The van der Waals surface area contributed by atoms with Crippen LogP contribution in [0, 0.1) is 6.92 Å². The first-order valence-corrected chi connectivity index (χ1v) is 3.75. The molecule has 0 unspecified atom stereocenters. The molecule has 1 rings (SSSR count). The molecule has 0 aromatic carbocycles. The minimum atomic E-state index is 0.901. The number of rotatable bonds is 3. The molecular formula is C7H14N4. The Kier molecular flexibility index (Phi) is 2.59. The van der Waals surface area contributed by atoms with E-state index in [1.807, 2.05) is 21.0 Å². The fourth-order valence-electron chi connectivity index (χ4n) is 0.870. The minimum absolute atomic E-state index is 0.901. The van der Waals surface area contributed by atoms with Crippen LogP contribution in [0.2, 0.25) is 0 Å². The molecule has 0 fully saturated rings. The van der Waals surface area contributed by atoms with Gasteiger partial charge in [-0.3, -0.25) is 4.68 Å². The summed E-state index contributed by atoms with van der Waals surface area (Å²) in [7, 11) is 3.83. The van der Waals surface area contributed by atoms with E-state index in [0.29, 0.717) is 0 Å². The largest absolute Gasteiger partial charge is 0.319 e. The summed E-state index contributed by atoms with van der Waals surface area (Å²) >= 11 is 0. The normalized spacial score (nSPS) is 10.5. The van der Waals surface area contributed by atoms with Crippen molar-refractivity contribution in [2.45, 2.75) is 13.3 Å². The monoisotopic (exact) mass is 154 g/mol. The quantitative estimate of drug-likeness (QED) is 0.660. The molecule has 0 atom stereocenters. The Morgan fingerprint density at radius 3 is 2.73 bits per heavy atom. The van der Waals surface area contributed by atoms with E-state index >= 15 is 0 Å². The van der Waals surface area contributed by atoms with Gasteiger partial charge in [0.25, 0.3) is 0 Å². The summed E-state index contributed by atoms with van der Waals surface area (Å²) in [5.74, 6) is 1.88. The maximum absolute atomic E-state index is 4.26. The molecule has 0 aliphatic carbocycles. The van der Waals surface area contributed by atoms with Gasteiger partial charge in [0.1, 0.15) is 5.82 Å². The summed E-state index contributed by atoms with van der Waals surface area (Å²) in [6, 6.07) is 0. The number of aromatic nitrogens is 3. The van der Waals surface area contributed by atoms with Crippen LogP contribution in [-0.2, 0) is 13.5 Å². The molecule has 4 nitrogen and oxygen atoms in total. The van der Waals surface area contributed by atoms with Crippen molar-refractivity contribution >= 4 is 0 Å². The highest BCUT2D eigenvalue weighted by Gasteiger charge is 2.00. The highest BCUT2D eigenvalue weighted by Crippen LogP contribution is 1.94. The van der Waals surface area contributed by atoms with Crippen molar-refractivity contribution in [1.29, 1.82) is 0 Å². The van der Waals surface area contributed by atoms with E-state index in [1.54, 1.807) is 4.68 Å². The van der Waals surface area contributed by atoms with Crippen LogP contribution in [0.1, 0.15) is 11.6 Å². The highest BCUT2D eigenvalue weighted by molar-refractivity contribution is 4.90. The summed E-state index contributed by atoms with van der Waals surface area (Å²) in [6.07, 6.45) is 0.901. The SMILES string of the molecule is CNCCc1nc(C)n(C)n1. The Hall–Kier alpha value is -0.900. The molecule has 4 heteroatoms. The van der Waals surface area contributed by atoms with Crippen molar-refractivity contribution in [1.82, 2.24) is 20.1 Å². The number of aryl methyl sites for hydroxylation is 2. The first kappa shape index (κ1) is 8.20. The van der Waals surface area contributed by atoms with Gasteiger partial charge in [-0.25, -0.2) is 4.98 Å². The number of nitrogens with one attached hydrogen (secondary N) is 1. The molecule has 1 aromatic rings. The van der Waals surface area contributed by atoms with Crippen LogP contribution in [0.5, 0.6) is 0 Å². The first-order chi connectivity index (χ1) is 5.24. The van der Waals surface area contributed by atoms with E-state index in [0.717, 1.165) is 24.6 Å². The lowest BCUT2D eigenvalue weighted by Crippen LogP contribution is -2.11. The molecule has 62 valence electrons. The second-order valence-electron chi connectivity index (χ2n) is 2.55. The van der Waals surface area contributed by atoms with Gasteiger partial charge in [-0.05, 0) is 14.0 Å². The van der Waals surface area contributed by atoms with Crippen molar-refractivity contribution in [3.63, 3.8) is 0 Å². The lowest BCUT2D eigenvalue weighted by Gasteiger charge is -1.91. The molecule has 1 heterocycles. The zero-order valence-electron chi connectivity index (χ0n) is 7.26. The fourth-order valence-corrected chi connectivity index (χ4v) is 0.870. The molecule has 1 N–H and O–H groups in total. The molecule has 0 aliphatic heterocycles. The van der Waals surface area contributed by atoms with Gasteiger partial charge in [-0.15, -0.1) is 0 Å². The average Bonchev–Trinajstić information content (AvgIpc) is 2.28. The van der Waals surface area contributed by atoms with Crippen LogP contribution in [0.4, 0.5) is 0 Å². The van der Waals surface area contributed by atoms with Gasteiger partial charge in [0.15, 0.2) is 5.82 Å². The van der Waals surface area contributed by atoms with Crippen LogP contribution in [0.15, 0.2) is 0 Å². The van der Waals surface area contributed by atoms with E-state index < -0.39 is 0 Å². The van der Waals surface area contributed by atoms with Gasteiger partial charge >= 0.3 is 0 Å². The summed E-state index contributed by atoms with van der Waals surface area (Å²) in [4.78, 5) is 4.26. The molecule has 0 aliphatic rings. The molecule has 0 saturated carbocycles. The Morgan fingerprint density at radius 1 is 1.55 bits per heavy atom. The molecule has 0 spiro atoms. The van der Waals surface area contributed by atoms with Crippen molar-refractivity contribution in [3.8, 4) is 0 Å². The Labute approximate surface area is 66.6 Å². The van der Waals surface area contributed by atoms with Gasteiger partial charge < -0.3 is 5.32 Å². The summed E-state index contributed by atoms with van der Waals surface area (Å²) in [5, 5.41) is 7.27. The van der Waals surface area contributed by atoms with E-state index in [-0.39, 0.29) is 0 Å². The zero-order valence-corrected chi connectivity index (χ0v) is 7.26. The molecule has 0 saturated heterocycles. The average molecular weight is 154 g/mol. The third-order valence-electron chi connectivity index (χ3n) is 1.62. The van der Waals surface area contributed by atoms with E-state index in [1.165, 1.54) is 0 Å². The van der Waals surface area contributed by atoms with Crippen molar-refractivity contribution < 1.29 is 0 Å². The standard InChI is InChI=1S/C7H14N4/c1-6-9-7(4-5-8-2)10-11(6)3/h8H,4-5H2,1-3H3. The van der Waals surface area contributed by atoms with Crippen molar-refractivity contribution in [2.24, 2.45) is 7.05 Å². The second kappa shape index (κ2) is 3.48. The molecular weight excluding hydrogens is 140 g/mol. The van der Waals surface area contributed by atoms with Crippen LogP contribution < -0.4 is 5.32 Å². The van der Waals surface area contributed by atoms with E-state index in [2.05, 4.69) is 15.4 Å². The smallest absolute Gasteiger partial charge is 0.152 e. The van der Waals surface area contributed by atoms with Crippen molar-refractivity contribution in [3.05, 3.63) is 11.6 Å². The van der Waals surface area contributed by atoms with E-state index in [4.69, 9.17) is 0 Å². The fraction of sp³-hybridized carbons (Fsp3) is 0.714. The number of hydrogen-bond donors (Lipinski definition) is 1. The summed E-state index contributed by atoms with van der Waals surface area (Å²) in [5.41, 5.74) is 0. The Bertz CT molecular complexity index is 209. The van der Waals surface area contributed by atoms with Crippen LogP contribution in [0.25, 0.3) is 0 Å². The summed E-state index contributed by atoms with van der Waals surface area (Å²) < 4.78 is 1.80. The minimum Gasteiger partial charge on any atom is -0.319 e. The number of hydrogen-bond acceptors (Lipinski definition) is 3. The van der Waals surface area contributed by atoms with Crippen LogP contribution >= 0.6 is 0 Å². The van der Waals surface area contributed by atoms with Gasteiger partial charge in [-0.1, -0.05) is 0 Å². The zero-order chi connectivity index (χ0) is 8.27. The predicted molar refractivity (Wildman–Crippen MR) is 43.4 cm³/mol. The maximum atomic E-state index is 4.26. The maximum Gasteiger partial charge on any atom is 0.152 e. The highest BCUT2D eigenvalue weighted by atomic mass is 15.3. The number of likely N-dealkylation sites (N-methyl/N-ethyl adjacent to an activating group) is 1. The Balaban J connectivity index is 2.58. The molecule has 0 bridgehead atoms. The van der Waals surface area contributed by atoms with Crippen molar-refractivity contribution in [2.75, 3.05) is 13.6 Å². The third kappa shape index (κ3) is 2.01. The van der Waals surface area contributed by atoms with Gasteiger partial charge in [0.2, 0.25) is 0 Å². The van der Waals surface area contributed by atoms with Crippen LogP contribution in [-0.4, -0.2) is 28.4 Å². The van der Waals surface area contributed by atoms with E-state index in [9.17, 15) is 0 Å². The van der Waals surface area contributed by atoms with Gasteiger partial charge in [-0.2, -0.15) is 5.10 Å². The summed E-state index contributed by atoms with van der Waals surface area (Å²) in [6.45, 7) is 2.89. The molecule has 1 aromatic heterocycles. The molecule has 0 radical (unpaired) electrons. The Morgan fingerprint density at radius 2 is 2.27 bits per heavy atom. The molecule has 0 amide bonds. The first-order valence-electron chi connectivity index (χ1n) is 3.75. The van der Waals surface area contributed by atoms with Gasteiger partial charge in [0, 0.05) is 20.0 Å². The molecule has 11 heavy (non-hydrogen) atoms. The number of nitrogens with zero attached hydrogens (tertiary/aromatic N) is 3. The third-order valence-corrected chi connectivity index (χ3v) is 1.62. The van der Waals surface area contributed by atoms with Crippen LogP contribution in [0.3, 0.4) is 0 Å². The lowest BCUT2D eigenvalue weighted by molar-refractivity contribution is 0.703. The predicted octanol–water partition coefficient (Wildman–Crippen LogP) is -0.115. The lowest BCUT2D eigenvalue weighted by atomic mass is 10.4. The topological polar surface area (TPSA) is 42.7 Å². The van der Waals surface area contributed by atoms with Gasteiger partial charge in [0.05, 0.1) is 0 Å².